The second kappa shape index (κ2) is 8.79. The van der Waals surface area contributed by atoms with E-state index >= 15 is 0 Å². The van der Waals surface area contributed by atoms with Gasteiger partial charge >= 0.3 is 6.18 Å². The largest absolute Gasteiger partial charge is 0.493 e. The van der Waals surface area contributed by atoms with Crippen molar-refractivity contribution in [3.63, 3.8) is 0 Å². The minimum Gasteiger partial charge on any atom is -0.493 e. The molecule has 0 saturated heterocycles. The number of aryl methyl sites for hydroxylation is 1. The summed E-state index contributed by atoms with van der Waals surface area (Å²) in [6.07, 6.45) is -3.61. The van der Waals surface area contributed by atoms with Crippen LogP contribution in [0.2, 0.25) is 0 Å². The molecule has 7 heteroatoms. The minimum atomic E-state index is -4.37. The Morgan fingerprint density at radius 2 is 1.67 bits per heavy atom. The Balaban J connectivity index is 1.91. The predicted molar refractivity (Wildman–Crippen MR) is 95.9 cm³/mol. The fourth-order valence-electron chi connectivity index (χ4n) is 2.65. The summed E-state index contributed by atoms with van der Waals surface area (Å²) in [6.45, 7) is 1.73. The summed E-state index contributed by atoms with van der Waals surface area (Å²) in [5, 5.41) is 2.80. The van der Waals surface area contributed by atoms with Crippen LogP contribution in [0.4, 0.5) is 13.2 Å². The highest BCUT2D eigenvalue weighted by molar-refractivity contribution is 5.76. The van der Waals surface area contributed by atoms with Crippen molar-refractivity contribution in [2.75, 3.05) is 14.2 Å². The molecule has 0 aliphatic rings. The first kappa shape index (κ1) is 20.6. The molecule has 0 heterocycles. The Morgan fingerprint density at radius 3 is 2.22 bits per heavy atom. The van der Waals surface area contributed by atoms with E-state index in [4.69, 9.17) is 9.47 Å². The molecule has 0 bridgehead atoms. The molecule has 0 aliphatic heterocycles. The number of rotatable bonds is 7. The lowest BCUT2D eigenvalue weighted by molar-refractivity contribution is -0.137. The molecule has 27 heavy (non-hydrogen) atoms. The van der Waals surface area contributed by atoms with E-state index < -0.39 is 11.7 Å². The molecule has 2 aromatic rings. The number of benzene rings is 2. The Bertz CT molecular complexity index is 773. The van der Waals surface area contributed by atoms with Crippen molar-refractivity contribution in [1.82, 2.24) is 5.32 Å². The van der Waals surface area contributed by atoms with E-state index in [0.717, 1.165) is 17.7 Å². The van der Waals surface area contributed by atoms with Crippen LogP contribution in [0.15, 0.2) is 42.5 Å². The number of ether oxygens (including phenoxy) is 2. The highest BCUT2D eigenvalue weighted by Crippen LogP contribution is 2.30. The van der Waals surface area contributed by atoms with Crippen molar-refractivity contribution >= 4 is 5.91 Å². The molecule has 0 aliphatic carbocycles. The molecule has 1 unspecified atom stereocenters. The van der Waals surface area contributed by atoms with E-state index in [9.17, 15) is 18.0 Å². The molecule has 1 N–H and O–H groups in total. The predicted octanol–water partition coefficient (Wildman–Crippen LogP) is 4.53. The zero-order chi connectivity index (χ0) is 20.0. The first-order chi connectivity index (χ1) is 12.7. The Hall–Kier alpha value is -2.70. The van der Waals surface area contributed by atoms with Gasteiger partial charge in [0.1, 0.15) is 0 Å². The molecule has 1 amide bonds. The number of alkyl halides is 3. The van der Waals surface area contributed by atoms with E-state index in [1.807, 2.05) is 12.1 Å². The van der Waals surface area contributed by atoms with Crippen LogP contribution >= 0.6 is 0 Å². The van der Waals surface area contributed by atoms with Crippen LogP contribution in [0.1, 0.15) is 36.1 Å². The summed E-state index contributed by atoms with van der Waals surface area (Å²) in [5.41, 5.74) is 0.825. The van der Waals surface area contributed by atoms with Gasteiger partial charge in [-0.25, -0.2) is 0 Å². The van der Waals surface area contributed by atoms with Gasteiger partial charge in [-0.3, -0.25) is 4.79 Å². The Morgan fingerprint density at radius 1 is 1.04 bits per heavy atom. The number of hydrogen-bond donors (Lipinski definition) is 1. The average molecular weight is 381 g/mol. The topological polar surface area (TPSA) is 47.6 Å². The Kier molecular flexibility index (Phi) is 6.71. The summed E-state index contributed by atoms with van der Waals surface area (Å²) < 4.78 is 48.2. The normalized spacial score (nSPS) is 12.4. The van der Waals surface area contributed by atoms with Crippen molar-refractivity contribution in [2.45, 2.75) is 32.0 Å². The first-order valence-corrected chi connectivity index (χ1v) is 8.42. The number of hydrogen-bond acceptors (Lipinski definition) is 3. The average Bonchev–Trinajstić information content (AvgIpc) is 2.65. The molecule has 2 rings (SSSR count). The summed E-state index contributed by atoms with van der Waals surface area (Å²) in [5.74, 6) is 1.02. The van der Waals surface area contributed by atoms with E-state index in [2.05, 4.69) is 5.32 Å². The smallest absolute Gasteiger partial charge is 0.416 e. The van der Waals surface area contributed by atoms with Crippen LogP contribution in [0.25, 0.3) is 0 Å². The minimum absolute atomic E-state index is 0.183. The molecule has 0 radical (unpaired) electrons. The summed E-state index contributed by atoms with van der Waals surface area (Å²) >= 11 is 0. The van der Waals surface area contributed by atoms with Crippen molar-refractivity contribution in [3.05, 3.63) is 59.2 Å². The van der Waals surface area contributed by atoms with Crippen LogP contribution < -0.4 is 14.8 Å². The number of carbonyl (C=O) groups is 1. The molecule has 0 saturated carbocycles. The van der Waals surface area contributed by atoms with Gasteiger partial charge in [-0.05, 0) is 48.7 Å². The maximum Gasteiger partial charge on any atom is 0.416 e. The van der Waals surface area contributed by atoms with Crippen LogP contribution in [-0.4, -0.2) is 20.1 Å². The first-order valence-electron chi connectivity index (χ1n) is 8.42. The molecular formula is C20H22F3NO3. The maximum absolute atomic E-state index is 12.6. The Labute approximate surface area is 156 Å². The molecule has 0 spiro atoms. The van der Waals surface area contributed by atoms with Gasteiger partial charge < -0.3 is 14.8 Å². The third-order valence-corrected chi connectivity index (χ3v) is 4.20. The molecule has 1 atom stereocenters. The van der Waals surface area contributed by atoms with Gasteiger partial charge in [0.25, 0.3) is 0 Å². The monoisotopic (exact) mass is 381 g/mol. The van der Waals surface area contributed by atoms with E-state index in [-0.39, 0.29) is 18.4 Å². The second-order valence-corrected chi connectivity index (χ2v) is 6.10. The van der Waals surface area contributed by atoms with E-state index in [1.54, 1.807) is 27.2 Å². The number of carbonyl (C=O) groups excluding carboxylic acids is 1. The highest BCUT2D eigenvalue weighted by atomic mass is 19.4. The molecule has 2 aromatic carbocycles. The number of nitrogens with one attached hydrogen (secondary N) is 1. The number of halogens is 3. The highest BCUT2D eigenvalue weighted by Gasteiger charge is 2.30. The van der Waals surface area contributed by atoms with Crippen molar-refractivity contribution in [3.8, 4) is 11.5 Å². The van der Waals surface area contributed by atoms with Gasteiger partial charge in [-0.2, -0.15) is 13.2 Å². The maximum atomic E-state index is 12.6. The van der Waals surface area contributed by atoms with Crippen LogP contribution in [0, 0.1) is 0 Å². The van der Waals surface area contributed by atoms with Crippen LogP contribution in [0.3, 0.4) is 0 Å². The molecule has 0 aromatic heterocycles. The summed E-state index contributed by atoms with van der Waals surface area (Å²) in [7, 11) is 3.09. The van der Waals surface area contributed by atoms with Crippen LogP contribution in [-0.2, 0) is 17.4 Å². The van der Waals surface area contributed by atoms with Gasteiger partial charge in [0, 0.05) is 6.42 Å². The van der Waals surface area contributed by atoms with Gasteiger partial charge in [-0.15, -0.1) is 0 Å². The summed E-state index contributed by atoms with van der Waals surface area (Å²) in [6, 6.07) is 9.84. The lowest BCUT2D eigenvalue weighted by atomic mass is 10.0. The van der Waals surface area contributed by atoms with Crippen molar-refractivity contribution in [1.29, 1.82) is 0 Å². The molecular weight excluding hydrogens is 359 g/mol. The van der Waals surface area contributed by atoms with Gasteiger partial charge in [0.2, 0.25) is 5.91 Å². The van der Waals surface area contributed by atoms with Crippen LogP contribution in [0.5, 0.6) is 11.5 Å². The molecule has 146 valence electrons. The lowest BCUT2D eigenvalue weighted by Gasteiger charge is -2.16. The standard InChI is InChI=1S/C20H22F3NO3/c1-13(15-6-8-16(9-7-15)20(21,22)23)24-19(25)11-5-14-4-10-17(26-2)18(12-14)27-3/h4,6-10,12-13H,5,11H2,1-3H3,(H,24,25). The zero-order valence-electron chi connectivity index (χ0n) is 15.4. The fourth-order valence-corrected chi connectivity index (χ4v) is 2.65. The van der Waals surface area contributed by atoms with Crippen molar-refractivity contribution < 1.29 is 27.4 Å². The van der Waals surface area contributed by atoms with Gasteiger partial charge in [0.15, 0.2) is 11.5 Å². The third-order valence-electron chi connectivity index (χ3n) is 4.20. The van der Waals surface area contributed by atoms with Gasteiger partial charge in [-0.1, -0.05) is 18.2 Å². The SMILES string of the molecule is COc1ccc(CCC(=O)NC(C)c2ccc(C(F)(F)F)cc2)cc1OC. The fraction of sp³-hybridized carbons (Fsp3) is 0.350. The van der Waals surface area contributed by atoms with Crippen molar-refractivity contribution in [2.24, 2.45) is 0 Å². The summed E-state index contributed by atoms with van der Waals surface area (Å²) in [4.78, 5) is 12.2. The quantitative estimate of drug-likeness (QED) is 0.766. The van der Waals surface area contributed by atoms with E-state index in [0.29, 0.717) is 23.5 Å². The number of methoxy groups -OCH3 is 2. The van der Waals surface area contributed by atoms with E-state index in [1.165, 1.54) is 12.1 Å². The lowest BCUT2D eigenvalue weighted by Crippen LogP contribution is -2.26. The third kappa shape index (κ3) is 5.64. The molecule has 0 fully saturated rings. The molecule has 4 nitrogen and oxygen atoms in total. The second-order valence-electron chi connectivity index (χ2n) is 6.10. The number of amides is 1. The van der Waals surface area contributed by atoms with Gasteiger partial charge in [0.05, 0.1) is 25.8 Å². The zero-order valence-corrected chi connectivity index (χ0v) is 15.4.